The molecule has 1 aliphatic heterocycles. The fourth-order valence-corrected chi connectivity index (χ4v) is 4.46. The van der Waals surface area contributed by atoms with Crippen LogP contribution in [-0.2, 0) is 0 Å². The van der Waals surface area contributed by atoms with Gasteiger partial charge < -0.3 is 15.7 Å². The van der Waals surface area contributed by atoms with E-state index in [-0.39, 0.29) is 18.4 Å². The maximum absolute atomic E-state index is 12.4. The van der Waals surface area contributed by atoms with Crippen molar-refractivity contribution in [3.05, 3.63) is 70.6 Å². The van der Waals surface area contributed by atoms with E-state index in [4.69, 9.17) is 0 Å². The minimum absolute atomic E-state index is 0.228. The number of amides is 2. The van der Waals surface area contributed by atoms with Crippen molar-refractivity contribution < 1.29 is 14.7 Å². The van der Waals surface area contributed by atoms with Crippen molar-refractivity contribution in [1.82, 2.24) is 15.5 Å². The van der Waals surface area contributed by atoms with Crippen LogP contribution in [0.4, 0.5) is 0 Å². The molecule has 8 heteroatoms. The number of guanidine groups is 1. The van der Waals surface area contributed by atoms with E-state index in [1.54, 1.807) is 42.6 Å². The highest BCUT2D eigenvalue weighted by molar-refractivity contribution is 7.19. The summed E-state index contributed by atoms with van der Waals surface area (Å²) in [6, 6.07) is 16.8. The number of nitrogens with zero attached hydrogens (tertiary/aromatic N) is 2. The Kier molecular flexibility index (Phi) is 5.78. The molecule has 154 valence electrons. The van der Waals surface area contributed by atoms with Gasteiger partial charge in [-0.05, 0) is 29.7 Å². The van der Waals surface area contributed by atoms with Crippen LogP contribution in [0.15, 0.2) is 59.6 Å². The third-order valence-electron chi connectivity index (χ3n) is 4.97. The van der Waals surface area contributed by atoms with Gasteiger partial charge in [-0.2, -0.15) is 0 Å². The summed E-state index contributed by atoms with van der Waals surface area (Å²) < 4.78 is 1.13. The van der Waals surface area contributed by atoms with Crippen LogP contribution < -0.4 is 10.6 Å². The number of imide groups is 1. The van der Waals surface area contributed by atoms with E-state index in [1.807, 2.05) is 30.3 Å². The van der Waals surface area contributed by atoms with E-state index in [9.17, 15) is 14.7 Å². The number of thiophene rings is 1. The smallest absolute Gasteiger partial charge is 0.261 e. The molecule has 1 aliphatic rings. The van der Waals surface area contributed by atoms with Crippen LogP contribution in [0.1, 0.15) is 31.7 Å². The molecule has 3 aromatic rings. The number of carbonyl (C=O) groups excluding carboxylic acids is 2. The Morgan fingerprint density at radius 1 is 1.07 bits per heavy atom. The zero-order chi connectivity index (χ0) is 21.1. The number of benzene rings is 2. The van der Waals surface area contributed by atoms with E-state index in [0.717, 1.165) is 15.0 Å². The molecule has 3 N–H and O–H groups in total. The molecule has 2 amide bonds. The maximum atomic E-state index is 12.4. The highest BCUT2D eigenvalue weighted by Gasteiger charge is 2.34. The van der Waals surface area contributed by atoms with Gasteiger partial charge in [-0.15, -0.1) is 11.3 Å². The molecule has 0 fully saturated rings. The van der Waals surface area contributed by atoms with Gasteiger partial charge in [0.2, 0.25) is 0 Å². The molecule has 0 saturated heterocycles. The zero-order valence-corrected chi connectivity index (χ0v) is 17.3. The van der Waals surface area contributed by atoms with Gasteiger partial charge in [-0.25, -0.2) is 0 Å². The summed E-state index contributed by atoms with van der Waals surface area (Å²) in [5, 5.41) is 17.8. The molecule has 1 aromatic heterocycles. The number of hydrogen-bond acceptors (Lipinski definition) is 5. The number of aliphatic hydroxyl groups excluding tert-OH is 1. The molecule has 0 radical (unpaired) electrons. The number of fused-ring (bicyclic) bond motifs is 2. The fraction of sp³-hybridized carbons (Fsp3) is 0.227. The highest BCUT2D eigenvalue weighted by atomic mass is 32.1. The van der Waals surface area contributed by atoms with Crippen LogP contribution in [0.3, 0.4) is 0 Å². The lowest BCUT2D eigenvalue weighted by molar-refractivity contribution is 0.0657. The van der Waals surface area contributed by atoms with Crippen LogP contribution in [0.25, 0.3) is 10.1 Å². The highest BCUT2D eigenvalue weighted by Crippen LogP contribution is 2.29. The molecule has 2 aromatic carbocycles. The summed E-state index contributed by atoms with van der Waals surface area (Å²) in [5.41, 5.74) is 0.882. The first-order valence-electron chi connectivity index (χ1n) is 9.65. The molecule has 2 heterocycles. The Hall–Kier alpha value is -3.23. The average Bonchev–Trinajstić information content (AvgIpc) is 3.31. The van der Waals surface area contributed by atoms with Gasteiger partial charge in [0.1, 0.15) is 6.10 Å². The lowest BCUT2D eigenvalue weighted by Gasteiger charge is -2.17. The summed E-state index contributed by atoms with van der Waals surface area (Å²) >= 11 is 1.56. The standard InChI is InChI=1S/C22H22N4O3S/c1-23-22(25-13-17(27)19-12-14-6-2-5-9-18(14)30-19)24-10-11-26-20(28)15-7-3-4-8-16(15)21(26)29/h2-9,12,17,27H,10-11,13H2,1H3,(H2,23,24,25). The minimum Gasteiger partial charge on any atom is -0.386 e. The second-order valence-corrected chi connectivity index (χ2v) is 8.01. The SMILES string of the molecule is CN=C(NCCN1C(=O)c2ccccc2C1=O)NCC(O)c1cc2ccccc2s1. The van der Waals surface area contributed by atoms with Gasteiger partial charge in [0.25, 0.3) is 11.8 Å². The Balaban J connectivity index is 1.28. The molecule has 0 saturated carbocycles. The minimum atomic E-state index is -0.669. The molecule has 7 nitrogen and oxygen atoms in total. The molecule has 1 atom stereocenters. The van der Waals surface area contributed by atoms with Crippen molar-refractivity contribution in [2.75, 3.05) is 26.7 Å². The Labute approximate surface area is 178 Å². The Morgan fingerprint density at radius 2 is 1.73 bits per heavy atom. The fourth-order valence-electron chi connectivity index (χ4n) is 3.41. The summed E-state index contributed by atoms with van der Waals surface area (Å²) in [7, 11) is 1.63. The number of nitrogens with one attached hydrogen (secondary N) is 2. The number of aliphatic hydroxyl groups is 1. The second-order valence-electron chi connectivity index (χ2n) is 6.89. The first-order valence-corrected chi connectivity index (χ1v) is 10.5. The van der Waals surface area contributed by atoms with Crippen molar-refractivity contribution in [3.8, 4) is 0 Å². The summed E-state index contributed by atoms with van der Waals surface area (Å²) in [6.07, 6.45) is -0.669. The molecule has 0 spiro atoms. The van der Waals surface area contributed by atoms with E-state index in [0.29, 0.717) is 30.2 Å². The summed E-state index contributed by atoms with van der Waals surface area (Å²) in [5.74, 6) is -0.0622. The quantitative estimate of drug-likeness (QED) is 0.322. The van der Waals surface area contributed by atoms with Gasteiger partial charge in [-0.3, -0.25) is 19.5 Å². The summed E-state index contributed by atoms with van der Waals surface area (Å²) in [4.78, 5) is 31.0. The number of rotatable bonds is 6. The van der Waals surface area contributed by atoms with Gasteiger partial charge in [0.05, 0.1) is 11.1 Å². The van der Waals surface area contributed by atoms with Gasteiger partial charge in [-0.1, -0.05) is 30.3 Å². The van der Waals surface area contributed by atoms with Crippen LogP contribution in [-0.4, -0.2) is 54.5 Å². The van der Waals surface area contributed by atoms with Crippen LogP contribution >= 0.6 is 11.3 Å². The molecule has 30 heavy (non-hydrogen) atoms. The Morgan fingerprint density at radius 3 is 2.40 bits per heavy atom. The predicted molar refractivity (Wildman–Crippen MR) is 118 cm³/mol. The van der Waals surface area contributed by atoms with Gasteiger partial charge >= 0.3 is 0 Å². The van der Waals surface area contributed by atoms with Gasteiger partial charge in [0.15, 0.2) is 5.96 Å². The van der Waals surface area contributed by atoms with Crippen molar-refractivity contribution in [2.24, 2.45) is 4.99 Å². The lowest BCUT2D eigenvalue weighted by Crippen LogP contribution is -2.43. The largest absolute Gasteiger partial charge is 0.386 e. The first kappa shape index (κ1) is 20.1. The van der Waals surface area contributed by atoms with Crippen molar-refractivity contribution in [1.29, 1.82) is 0 Å². The number of carbonyl (C=O) groups is 2. The zero-order valence-electron chi connectivity index (χ0n) is 16.5. The maximum Gasteiger partial charge on any atom is 0.261 e. The third kappa shape index (κ3) is 3.92. The number of aliphatic imine (C=N–C) groups is 1. The van der Waals surface area contributed by atoms with Gasteiger partial charge in [0, 0.05) is 36.3 Å². The summed E-state index contributed by atoms with van der Waals surface area (Å²) in [6.45, 7) is 0.871. The van der Waals surface area contributed by atoms with Crippen molar-refractivity contribution in [2.45, 2.75) is 6.10 Å². The molecular formula is C22H22N4O3S. The lowest BCUT2D eigenvalue weighted by atomic mass is 10.1. The van der Waals surface area contributed by atoms with Crippen LogP contribution in [0.2, 0.25) is 0 Å². The molecule has 1 unspecified atom stereocenters. The van der Waals surface area contributed by atoms with E-state index in [2.05, 4.69) is 15.6 Å². The molecule has 0 aliphatic carbocycles. The predicted octanol–water partition coefficient (Wildman–Crippen LogP) is 2.40. The van der Waals surface area contributed by atoms with E-state index in [1.165, 1.54) is 4.90 Å². The monoisotopic (exact) mass is 422 g/mol. The molecular weight excluding hydrogens is 400 g/mol. The molecule has 4 rings (SSSR count). The van der Waals surface area contributed by atoms with Crippen molar-refractivity contribution in [3.63, 3.8) is 0 Å². The number of hydrogen-bond donors (Lipinski definition) is 3. The first-order chi connectivity index (χ1) is 14.6. The molecule has 0 bridgehead atoms. The van der Waals surface area contributed by atoms with E-state index >= 15 is 0 Å². The average molecular weight is 423 g/mol. The normalized spacial score (nSPS) is 14.9. The Bertz CT molecular complexity index is 1060. The van der Waals surface area contributed by atoms with Crippen LogP contribution in [0.5, 0.6) is 0 Å². The van der Waals surface area contributed by atoms with Crippen LogP contribution in [0, 0.1) is 0 Å². The second kappa shape index (κ2) is 8.64. The van der Waals surface area contributed by atoms with Crippen molar-refractivity contribution >= 4 is 39.2 Å². The van der Waals surface area contributed by atoms with E-state index < -0.39 is 6.10 Å². The topological polar surface area (TPSA) is 94.0 Å². The third-order valence-corrected chi connectivity index (χ3v) is 6.18.